The van der Waals surface area contributed by atoms with Gasteiger partial charge in [0, 0.05) is 73.1 Å². The van der Waals surface area contributed by atoms with E-state index in [1.165, 1.54) is 14.7 Å². The molecule has 1 amide bonds. The van der Waals surface area contributed by atoms with Crippen LogP contribution in [-0.4, -0.2) is 84.6 Å². The zero-order valence-electron chi connectivity index (χ0n) is 36.9. The maximum Gasteiger partial charge on any atom is 0.438 e. The van der Waals surface area contributed by atoms with E-state index in [0.717, 1.165) is 23.7 Å². The predicted molar refractivity (Wildman–Crippen MR) is 242 cm³/mol. The van der Waals surface area contributed by atoms with Gasteiger partial charge < -0.3 is 24.1 Å². The van der Waals surface area contributed by atoms with Crippen LogP contribution < -0.4 is 22.1 Å². The number of hydrogen-bond acceptors (Lipinski definition) is 9. The van der Waals surface area contributed by atoms with E-state index in [0.29, 0.717) is 101 Å². The second-order valence-electron chi connectivity index (χ2n) is 18.1. The minimum absolute atomic E-state index is 0.0215. The summed E-state index contributed by atoms with van der Waals surface area (Å²) >= 11 is 0. The molecule has 3 atom stereocenters. The molecule has 0 radical (unpaired) electrons. The maximum absolute atomic E-state index is 15.5. The molecule has 1 aliphatic carbocycles. The molecule has 0 unspecified atom stereocenters. The van der Waals surface area contributed by atoms with E-state index in [-0.39, 0.29) is 17.6 Å². The zero-order chi connectivity index (χ0) is 45.0. The summed E-state index contributed by atoms with van der Waals surface area (Å²) in [5.41, 5.74) is 5.29. The van der Waals surface area contributed by atoms with Crippen molar-refractivity contribution >= 4 is 34.9 Å². The normalized spacial score (nSPS) is 20.2. The molecule has 332 valence electrons. The van der Waals surface area contributed by atoms with E-state index in [9.17, 15) is 14.2 Å². The number of anilines is 1. The lowest BCUT2D eigenvalue weighted by Gasteiger charge is -2.34. The zero-order valence-corrected chi connectivity index (χ0v) is 37.8. The Hall–Kier alpha value is -6.25. The molecule has 2 aliphatic heterocycles. The fourth-order valence-corrected chi connectivity index (χ4v) is 11.5. The number of halogens is 1. The Morgan fingerprint density at radius 2 is 1.69 bits per heavy atom. The summed E-state index contributed by atoms with van der Waals surface area (Å²) in [5, 5.41) is 14.0. The number of imidazole rings is 1. The van der Waals surface area contributed by atoms with Crippen LogP contribution in [-0.2, 0) is 21.3 Å². The summed E-state index contributed by atoms with van der Waals surface area (Å²) in [4.78, 5) is 47.3. The van der Waals surface area contributed by atoms with E-state index < -0.39 is 30.2 Å². The van der Waals surface area contributed by atoms with Crippen LogP contribution in [0.5, 0.6) is 0 Å². The molecule has 17 heteroatoms. The summed E-state index contributed by atoms with van der Waals surface area (Å²) in [6.45, 7) is 12.6. The van der Waals surface area contributed by atoms with Crippen LogP contribution in [0.2, 0.25) is 0 Å². The molecule has 10 rings (SSSR count). The number of aromatic nitrogens is 7. The van der Waals surface area contributed by atoms with Gasteiger partial charge >= 0.3 is 11.4 Å². The van der Waals surface area contributed by atoms with Crippen molar-refractivity contribution in [3.63, 3.8) is 0 Å². The van der Waals surface area contributed by atoms with Gasteiger partial charge in [-0.3, -0.25) is 23.4 Å². The number of nitrogens with zero attached hydrogens (tertiary/aromatic N) is 7. The molecule has 64 heavy (non-hydrogen) atoms. The average molecular weight is 888 g/mol. The fourth-order valence-electron chi connectivity index (χ4n) is 10.3. The van der Waals surface area contributed by atoms with Gasteiger partial charge in [-0.05, 0) is 130 Å². The number of amides is 1. The molecule has 1 saturated heterocycles. The number of H-pyrrole nitrogens is 1. The Morgan fingerprint density at radius 1 is 0.969 bits per heavy atom. The van der Waals surface area contributed by atoms with Crippen LogP contribution >= 0.6 is 7.14 Å². The van der Waals surface area contributed by atoms with Crippen LogP contribution in [0.15, 0.2) is 81.1 Å². The summed E-state index contributed by atoms with van der Waals surface area (Å²) < 4.78 is 45.7. The number of aromatic amines is 1. The van der Waals surface area contributed by atoms with Gasteiger partial charge in [-0.25, -0.2) is 18.7 Å². The molecule has 2 N–H and O–H groups in total. The minimum Gasteiger partial charge on any atom is -0.387 e. The van der Waals surface area contributed by atoms with Gasteiger partial charge in [-0.15, -0.1) is 0 Å². The number of nitrogens with one attached hydrogen (secondary N) is 2. The molecular formula is C47H51FN9O6P. The minimum atomic E-state index is -2.64. The van der Waals surface area contributed by atoms with E-state index in [1.54, 1.807) is 81.6 Å². The van der Waals surface area contributed by atoms with Crippen molar-refractivity contribution in [1.29, 1.82) is 0 Å². The first kappa shape index (κ1) is 41.7. The molecule has 3 aromatic carbocycles. The van der Waals surface area contributed by atoms with Crippen molar-refractivity contribution in [3.05, 3.63) is 133 Å². The first-order chi connectivity index (χ1) is 30.6. The third-order valence-electron chi connectivity index (χ3n) is 13.7. The lowest BCUT2D eigenvalue weighted by Crippen LogP contribution is -2.41. The first-order valence-corrected chi connectivity index (χ1v) is 24.4. The third kappa shape index (κ3) is 6.55. The number of rotatable bonds is 9. The number of carbonyl (C=O) groups is 1. The van der Waals surface area contributed by atoms with Crippen molar-refractivity contribution in [1.82, 2.24) is 38.5 Å². The Bertz CT molecular complexity index is 3170. The van der Waals surface area contributed by atoms with E-state index in [1.807, 2.05) is 22.5 Å². The summed E-state index contributed by atoms with van der Waals surface area (Å²) in [6.07, 6.45) is 6.19. The van der Waals surface area contributed by atoms with Gasteiger partial charge in [-0.1, -0.05) is 18.1 Å². The van der Waals surface area contributed by atoms with Gasteiger partial charge in [-0.2, -0.15) is 5.10 Å². The lowest BCUT2D eigenvalue weighted by molar-refractivity contribution is 0.0663. The number of benzene rings is 3. The van der Waals surface area contributed by atoms with Gasteiger partial charge in [0.05, 0.1) is 23.1 Å². The number of carbonyl (C=O) groups excluding carboxylic acids is 1. The SMILES string of the molecule is CNc1cc(-n2ccn(-c3c4c(nn3-c3cc(C)c(F)c(C)c3)CCN(C(=O)c3cc5cc(C6CCOCC6)ccc5n3[C@@]3(c5noc(=O)[nH]5)C[C@@H]3C)[C@H]4C)c2=O)ccc1P(C)(C)=O. The molecule has 7 aromatic rings. The van der Waals surface area contributed by atoms with Crippen molar-refractivity contribution in [2.45, 2.75) is 70.9 Å². The monoisotopic (exact) mass is 887 g/mol. The highest BCUT2D eigenvalue weighted by Gasteiger charge is 2.59. The highest BCUT2D eigenvalue weighted by atomic mass is 31.2. The first-order valence-electron chi connectivity index (χ1n) is 21.8. The van der Waals surface area contributed by atoms with Crippen molar-refractivity contribution in [3.8, 4) is 17.2 Å². The Labute approximate surface area is 368 Å². The van der Waals surface area contributed by atoms with Crippen LogP contribution in [0.1, 0.15) is 89.3 Å². The van der Waals surface area contributed by atoms with Gasteiger partial charge in [0.15, 0.2) is 5.82 Å². The molecule has 1 saturated carbocycles. The molecular weight excluding hydrogens is 837 g/mol. The largest absolute Gasteiger partial charge is 0.438 e. The number of ether oxygens (including phenoxy) is 1. The smallest absolute Gasteiger partial charge is 0.387 e. The molecule has 2 fully saturated rings. The third-order valence-corrected chi connectivity index (χ3v) is 15.3. The second kappa shape index (κ2) is 15.2. The molecule has 3 aliphatic rings. The molecule has 4 aromatic heterocycles. The molecule has 0 spiro atoms. The average Bonchev–Trinajstić information content (AvgIpc) is 3.77. The Morgan fingerprint density at radius 3 is 2.34 bits per heavy atom. The Kier molecular flexibility index (Phi) is 9.91. The molecule has 0 bridgehead atoms. The molecule has 15 nitrogen and oxygen atoms in total. The van der Waals surface area contributed by atoms with Gasteiger partial charge in [0.1, 0.15) is 30.0 Å². The molecule has 6 heterocycles. The maximum atomic E-state index is 15.5. The highest BCUT2D eigenvalue weighted by Crippen LogP contribution is 2.56. The van der Waals surface area contributed by atoms with Crippen molar-refractivity contribution < 1.29 is 23.0 Å². The van der Waals surface area contributed by atoms with Crippen molar-refractivity contribution in [2.75, 3.05) is 45.5 Å². The number of hydrogen-bond donors (Lipinski definition) is 2. The Balaban J connectivity index is 1.12. The highest BCUT2D eigenvalue weighted by molar-refractivity contribution is 7.70. The van der Waals surface area contributed by atoms with Crippen LogP contribution in [0.25, 0.3) is 28.1 Å². The summed E-state index contributed by atoms with van der Waals surface area (Å²) in [5.74, 6) is -0.0631. The number of fused-ring (bicyclic) bond motifs is 2. The van der Waals surface area contributed by atoms with Gasteiger partial charge in [0.2, 0.25) is 0 Å². The standard InChI is InChI=1S/C47H51FN9O6P/c1-26-20-34(21-27(2)41(26)48)57-42(55-17-16-54(46(55)60)33-9-11-39(64(6,7)61)36(24-33)49-5)40-29(4)53(15-12-35(40)51-57)43(58)38-23-32-22-31(30-13-18-62-19-14-30)8-10-37(32)56(38)47(25-28(47)3)44-50-45(59)63-52-44/h8-11,16-17,20-24,28-30,49H,12-15,18-19,25H2,1-7H3,(H,50,52,59)/t28-,29-,47-/m0/s1. The van der Waals surface area contributed by atoms with E-state index in [2.05, 4.69) is 40.6 Å². The number of aryl methyl sites for hydroxylation is 2. The van der Waals surface area contributed by atoms with E-state index in [4.69, 9.17) is 14.4 Å². The lowest BCUT2D eigenvalue weighted by atomic mass is 9.91. The van der Waals surface area contributed by atoms with Crippen LogP contribution in [0, 0.1) is 25.6 Å². The van der Waals surface area contributed by atoms with E-state index >= 15 is 9.18 Å². The fraction of sp³-hybridized carbons (Fsp3) is 0.383. The summed E-state index contributed by atoms with van der Waals surface area (Å²) in [7, 11) is -0.884. The quantitative estimate of drug-likeness (QED) is 0.146. The van der Waals surface area contributed by atoms with Gasteiger partial charge in [0.25, 0.3) is 5.91 Å². The van der Waals surface area contributed by atoms with Crippen molar-refractivity contribution in [2.24, 2.45) is 5.92 Å². The van der Waals surface area contributed by atoms with Crippen LogP contribution in [0.4, 0.5) is 10.1 Å². The second-order valence-corrected chi connectivity index (χ2v) is 21.3. The summed E-state index contributed by atoms with van der Waals surface area (Å²) in [6, 6.07) is 16.5. The predicted octanol–water partition coefficient (Wildman–Crippen LogP) is 6.93. The van der Waals surface area contributed by atoms with Crippen LogP contribution in [0.3, 0.4) is 0 Å². The topological polar surface area (TPSA) is 167 Å².